The normalized spacial score (nSPS) is 16.8. The van der Waals surface area contributed by atoms with Crippen LogP contribution in [0.4, 0.5) is 23.7 Å². The minimum Gasteiger partial charge on any atom is -0.465 e. The molecule has 3 rings (SSSR count). The fourth-order valence-electron chi connectivity index (χ4n) is 3.63. The van der Waals surface area contributed by atoms with Gasteiger partial charge in [-0.1, -0.05) is 23.2 Å². The highest BCUT2D eigenvalue weighted by Crippen LogP contribution is 2.31. The van der Waals surface area contributed by atoms with Crippen LogP contribution in [0.15, 0.2) is 42.5 Å². The van der Waals surface area contributed by atoms with Crippen LogP contribution in [0.1, 0.15) is 11.1 Å². The third-order valence-electron chi connectivity index (χ3n) is 5.18. The number of hydrogen-bond acceptors (Lipinski definition) is 3. The van der Waals surface area contributed by atoms with E-state index in [1.807, 2.05) is 0 Å². The van der Waals surface area contributed by atoms with Crippen molar-refractivity contribution in [2.75, 3.05) is 31.6 Å². The van der Waals surface area contributed by atoms with Gasteiger partial charge in [-0.05, 0) is 48.0 Å². The van der Waals surface area contributed by atoms with Gasteiger partial charge >= 0.3 is 12.3 Å². The molecule has 1 atom stereocenters. The molecule has 0 radical (unpaired) electrons. The molecule has 0 aliphatic carbocycles. The summed E-state index contributed by atoms with van der Waals surface area (Å²) in [5.74, 6) is -0.382. The van der Waals surface area contributed by atoms with Crippen molar-refractivity contribution in [1.82, 2.24) is 9.80 Å². The molecular formula is C21H20Cl2F3N3O3. The van der Waals surface area contributed by atoms with Gasteiger partial charge in [0.15, 0.2) is 0 Å². The lowest BCUT2D eigenvalue weighted by Gasteiger charge is -2.42. The lowest BCUT2D eigenvalue weighted by molar-refractivity contribution is -0.137. The van der Waals surface area contributed by atoms with Crippen LogP contribution in [0, 0.1) is 0 Å². The number of likely N-dealkylation sites (N-methyl/N-ethyl adjacent to an activating group) is 1. The number of alkyl halides is 3. The number of benzene rings is 2. The SMILES string of the molecule is CN(Cc1cc(Cl)cc(Cl)c1)C(=O)C1CN(C(=O)O)CCN1c1ccc(C(F)(F)F)cc1. The molecule has 0 saturated carbocycles. The molecule has 172 valence electrons. The van der Waals surface area contributed by atoms with E-state index in [1.54, 1.807) is 30.1 Å². The van der Waals surface area contributed by atoms with Crippen molar-refractivity contribution in [3.63, 3.8) is 0 Å². The van der Waals surface area contributed by atoms with Gasteiger partial charge in [0.05, 0.1) is 12.1 Å². The maximum atomic E-state index is 13.3. The van der Waals surface area contributed by atoms with Crippen LogP contribution in [0.5, 0.6) is 0 Å². The van der Waals surface area contributed by atoms with Crippen molar-refractivity contribution in [3.05, 3.63) is 63.6 Å². The smallest absolute Gasteiger partial charge is 0.416 e. The van der Waals surface area contributed by atoms with Crippen LogP contribution in [-0.4, -0.2) is 59.6 Å². The lowest BCUT2D eigenvalue weighted by atomic mass is 10.1. The van der Waals surface area contributed by atoms with Crippen LogP contribution in [0.3, 0.4) is 0 Å². The van der Waals surface area contributed by atoms with Crippen molar-refractivity contribution in [1.29, 1.82) is 0 Å². The molecule has 2 aromatic rings. The highest BCUT2D eigenvalue weighted by Gasteiger charge is 2.37. The Balaban J connectivity index is 1.85. The first-order valence-electron chi connectivity index (χ1n) is 9.57. The molecule has 2 amide bonds. The standard InChI is InChI=1S/C21H20Cl2F3N3O3/c1-27(11-13-8-15(22)10-16(23)9-13)19(30)18-12-28(20(31)32)6-7-29(18)17-4-2-14(3-5-17)21(24,25)26/h2-5,8-10,18H,6-7,11-12H2,1H3,(H,31,32). The monoisotopic (exact) mass is 489 g/mol. The molecule has 1 aliphatic rings. The van der Waals surface area contributed by atoms with E-state index in [4.69, 9.17) is 23.2 Å². The fourth-order valence-corrected chi connectivity index (χ4v) is 4.20. The number of anilines is 1. The first kappa shape index (κ1) is 24.0. The summed E-state index contributed by atoms with van der Waals surface area (Å²) in [7, 11) is 1.56. The summed E-state index contributed by atoms with van der Waals surface area (Å²) in [6.45, 7) is 0.331. The first-order chi connectivity index (χ1) is 15.0. The summed E-state index contributed by atoms with van der Waals surface area (Å²) in [4.78, 5) is 28.9. The van der Waals surface area contributed by atoms with E-state index in [0.717, 1.165) is 17.0 Å². The van der Waals surface area contributed by atoms with E-state index in [9.17, 15) is 27.9 Å². The number of carboxylic acid groups (broad SMARTS) is 1. The Hall–Kier alpha value is -2.65. The lowest BCUT2D eigenvalue weighted by Crippen LogP contribution is -2.60. The molecule has 11 heteroatoms. The topological polar surface area (TPSA) is 64.1 Å². The fraction of sp³-hybridized carbons (Fsp3) is 0.333. The highest BCUT2D eigenvalue weighted by molar-refractivity contribution is 6.34. The van der Waals surface area contributed by atoms with E-state index >= 15 is 0 Å². The van der Waals surface area contributed by atoms with Gasteiger partial charge in [-0.25, -0.2) is 4.79 Å². The molecule has 1 saturated heterocycles. The number of carbonyl (C=O) groups is 2. The van der Waals surface area contributed by atoms with Crippen molar-refractivity contribution < 1.29 is 27.9 Å². The first-order valence-corrected chi connectivity index (χ1v) is 10.3. The summed E-state index contributed by atoms with van der Waals surface area (Å²) in [5, 5.41) is 10.2. The minimum absolute atomic E-state index is 0.115. The Labute approximate surface area is 192 Å². The number of amides is 2. The number of nitrogens with zero attached hydrogens (tertiary/aromatic N) is 3. The van der Waals surface area contributed by atoms with Crippen molar-refractivity contribution >= 4 is 40.9 Å². The average molecular weight is 490 g/mol. The second-order valence-electron chi connectivity index (χ2n) is 7.45. The Morgan fingerprint density at radius 3 is 2.22 bits per heavy atom. The molecule has 32 heavy (non-hydrogen) atoms. The predicted octanol–water partition coefficient (Wildman–Crippen LogP) is 4.84. The highest BCUT2D eigenvalue weighted by atomic mass is 35.5. The summed E-state index contributed by atoms with van der Waals surface area (Å²) in [6.07, 6.45) is -5.65. The predicted molar refractivity (Wildman–Crippen MR) is 115 cm³/mol. The van der Waals surface area contributed by atoms with E-state index in [1.165, 1.54) is 17.0 Å². The van der Waals surface area contributed by atoms with Crippen molar-refractivity contribution in [2.24, 2.45) is 0 Å². The Bertz CT molecular complexity index is 982. The second kappa shape index (κ2) is 9.46. The molecular weight excluding hydrogens is 470 g/mol. The van der Waals surface area contributed by atoms with Gasteiger partial charge in [0.2, 0.25) is 5.91 Å². The van der Waals surface area contributed by atoms with Crippen LogP contribution >= 0.6 is 23.2 Å². The van der Waals surface area contributed by atoms with E-state index in [-0.39, 0.29) is 32.1 Å². The minimum atomic E-state index is -4.48. The maximum Gasteiger partial charge on any atom is 0.416 e. The molecule has 0 spiro atoms. The van der Waals surface area contributed by atoms with Crippen LogP contribution < -0.4 is 4.90 Å². The quantitative estimate of drug-likeness (QED) is 0.667. The van der Waals surface area contributed by atoms with E-state index in [2.05, 4.69) is 0 Å². The maximum absolute atomic E-state index is 13.3. The molecule has 1 fully saturated rings. The number of carbonyl (C=O) groups excluding carboxylic acids is 1. The summed E-state index contributed by atoms with van der Waals surface area (Å²) < 4.78 is 38.7. The number of piperazine rings is 1. The molecule has 1 aliphatic heterocycles. The molecule has 1 N–H and O–H groups in total. The molecule has 6 nitrogen and oxygen atoms in total. The number of hydrogen-bond donors (Lipinski definition) is 1. The van der Waals surface area contributed by atoms with Gasteiger partial charge in [-0.3, -0.25) is 4.79 Å². The summed E-state index contributed by atoms with van der Waals surface area (Å²) >= 11 is 12.0. The van der Waals surface area contributed by atoms with E-state index < -0.39 is 23.9 Å². The van der Waals surface area contributed by atoms with Gasteiger partial charge in [-0.2, -0.15) is 13.2 Å². The van der Waals surface area contributed by atoms with Crippen LogP contribution in [0.25, 0.3) is 0 Å². The summed E-state index contributed by atoms with van der Waals surface area (Å²) in [6, 6.07) is 8.44. The van der Waals surface area contributed by atoms with Gasteiger partial charge in [0.1, 0.15) is 6.04 Å². The number of rotatable bonds is 4. The molecule has 1 unspecified atom stereocenters. The van der Waals surface area contributed by atoms with Crippen LogP contribution in [0.2, 0.25) is 10.0 Å². The zero-order valence-electron chi connectivity index (χ0n) is 16.9. The Morgan fingerprint density at radius 2 is 1.69 bits per heavy atom. The average Bonchev–Trinajstić information content (AvgIpc) is 2.71. The largest absolute Gasteiger partial charge is 0.465 e. The van der Waals surface area contributed by atoms with Crippen molar-refractivity contribution in [3.8, 4) is 0 Å². The molecule has 1 heterocycles. The third kappa shape index (κ3) is 5.58. The van der Waals surface area contributed by atoms with Gasteiger partial charge in [-0.15, -0.1) is 0 Å². The van der Waals surface area contributed by atoms with Gasteiger partial charge in [0, 0.05) is 42.4 Å². The van der Waals surface area contributed by atoms with E-state index in [0.29, 0.717) is 21.3 Å². The number of halogens is 5. The molecule has 0 bridgehead atoms. The Kier molecular flexibility index (Phi) is 7.09. The summed E-state index contributed by atoms with van der Waals surface area (Å²) in [5.41, 5.74) is 0.286. The van der Waals surface area contributed by atoms with Gasteiger partial charge < -0.3 is 19.8 Å². The van der Waals surface area contributed by atoms with Crippen LogP contribution in [-0.2, 0) is 17.5 Å². The van der Waals surface area contributed by atoms with Gasteiger partial charge in [0.25, 0.3) is 0 Å². The third-order valence-corrected chi connectivity index (χ3v) is 5.62. The zero-order chi connectivity index (χ0) is 23.6. The Morgan fingerprint density at radius 1 is 1.09 bits per heavy atom. The molecule has 0 aromatic heterocycles. The zero-order valence-corrected chi connectivity index (χ0v) is 18.5. The molecule has 2 aromatic carbocycles. The second-order valence-corrected chi connectivity index (χ2v) is 8.33. The van der Waals surface area contributed by atoms with Crippen molar-refractivity contribution in [2.45, 2.75) is 18.8 Å².